The standard InChI is InChI=1S/C23H21N3O2S/c1-15-8-6-7-11-18(15)16(2)25-21(27)13-26-14-24-19-12-20(29-22(19)23(26)28)17-9-4-3-5-10-17/h3-12,14,16H,13H2,1-2H3,(H,25,27)/t16-/m1/s1. The number of benzene rings is 2. The third-order valence-electron chi connectivity index (χ3n) is 4.91. The summed E-state index contributed by atoms with van der Waals surface area (Å²) < 4.78 is 1.93. The van der Waals surface area contributed by atoms with Crippen LogP contribution in [0.2, 0.25) is 0 Å². The van der Waals surface area contributed by atoms with Crippen LogP contribution >= 0.6 is 11.3 Å². The highest BCUT2D eigenvalue weighted by atomic mass is 32.1. The smallest absolute Gasteiger partial charge is 0.271 e. The van der Waals surface area contributed by atoms with Gasteiger partial charge in [0.05, 0.1) is 17.9 Å². The molecule has 5 nitrogen and oxygen atoms in total. The fraction of sp³-hybridized carbons (Fsp3) is 0.174. The molecule has 0 aliphatic rings. The lowest BCUT2D eigenvalue weighted by molar-refractivity contribution is -0.122. The number of thiophene rings is 1. The van der Waals surface area contributed by atoms with E-state index >= 15 is 0 Å². The van der Waals surface area contributed by atoms with E-state index in [-0.39, 0.29) is 24.1 Å². The quantitative estimate of drug-likeness (QED) is 0.540. The summed E-state index contributed by atoms with van der Waals surface area (Å²) in [6.45, 7) is 3.90. The normalized spacial score (nSPS) is 12.1. The lowest BCUT2D eigenvalue weighted by Gasteiger charge is -2.16. The fourth-order valence-corrected chi connectivity index (χ4v) is 4.46. The lowest BCUT2D eigenvalue weighted by atomic mass is 10.0. The van der Waals surface area contributed by atoms with Gasteiger partial charge in [-0.05, 0) is 36.6 Å². The Morgan fingerprint density at radius 3 is 2.62 bits per heavy atom. The molecule has 0 saturated heterocycles. The van der Waals surface area contributed by atoms with Crippen LogP contribution in [0.25, 0.3) is 20.7 Å². The summed E-state index contributed by atoms with van der Waals surface area (Å²) in [7, 11) is 0. The molecule has 0 radical (unpaired) electrons. The van der Waals surface area contributed by atoms with Crippen LogP contribution in [0.5, 0.6) is 0 Å². The Kier molecular flexibility index (Phi) is 5.27. The van der Waals surface area contributed by atoms with E-state index in [1.54, 1.807) is 0 Å². The van der Waals surface area contributed by atoms with Gasteiger partial charge in [-0.2, -0.15) is 0 Å². The number of carbonyl (C=O) groups excluding carboxylic acids is 1. The third kappa shape index (κ3) is 3.98. The zero-order valence-electron chi connectivity index (χ0n) is 16.3. The predicted octanol–water partition coefficient (Wildman–Crippen LogP) is 4.31. The molecule has 1 atom stereocenters. The van der Waals surface area contributed by atoms with Crippen molar-refractivity contribution in [3.05, 3.63) is 88.5 Å². The number of fused-ring (bicyclic) bond motifs is 1. The molecule has 4 aromatic rings. The second-order valence-electron chi connectivity index (χ2n) is 7.01. The number of nitrogens with zero attached hydrogens (tertiary/aromatic N) is 2. The predicted molar refractivity (Wildman–Crippen MR) is 117 cm³/mol. The zero-order chi connectivity index (χ0) is 20.4. The number of carbonyl (C=O) groups is 1. The zero-order valence-corrected chi connectivity index (χ0v) is 17.1. The Morgan fingerprint density at radius 1 is 1.14 bits per heavy atom. The third-order valence-corrected chi connectivity index (χ3v) is 6.07. The first kappa shape index (κ1) is 19.1. The lowest BCUT2D eigenvalue weighted by Crippen LogP contribution is -2.34. The number of nitrogens with one attached hydrogen (secondary N) is 1. The highest BCUT2D eigenvalue weighted by Gasteiger charge is 2.15. The number of aryl methyl sites for hydroxylation is 1. The Balaban J connectivity index is 1.55. The first-order valence-corrected chi connectivity index (χ1v) is 10.2. The summed E-state index contributed by atoms with van der Waals surface area (Å²) >= 11 is 1.40. The van der Waals surface area contributed by atoms with E-state index in [9.17, 15) is 9.59 Å². The van der Waals surface area contributed by atoms with Crippen LogP contribution < -0.4 is 10.9 Å². The van der Waals surface area contributed by atoms with Crippen molar-refractivity contribution in [3.8, 4) is 10.4 Å². The molecule has 0 spiro atoms. The first-order valence-electron chi connectivity index (χ1n) is 9.42. The molecular weight excluding hydrogens is 382 g/mol. The number of aromatic nitrogens is 2. The molecule has 0 aliphatic carbocycles. The van der Waals surface area contributed by atoms with E-state index in [1.807, 2.05) is 74.5 Å². The van der Waals surface area contributed by atoms with Gasteiger partial charge in [-0.15, -0.1) is 11.3 Å². The molecule has 0 saturated carbocycles. The van der Waals surface area contributed by atoms with Crippen LogP contribution in [0, 0.1) is 6.92 Å². The monoisotopic (exact) mass is 403 g/mol. The van der Waals surface area contributed by atoms with Gasteiger partial charge in [-0.3, -0.25) is 14.2 Å². The minimum Gasteiger partial charge on any atom is -0.348 e. The van der Waals surface area contributed by atoms with Crippen molar-refractivity contribution in [2.45, 2.75) is 26.4 Å². The van der Waals surface area contributed by atoms with Crippen molar-refractivity contribution in [2.75, 3.05) is 0 Å². The van der Waals surface area contributed by atoms with Gasteiger partial charge in [0.2, 0.25) is 5.91 Å². The number of hydrogen-bond donors (Lipinski definition) is 1. The molecule has 0 fully saturated rings. The fourth-order valence-electron chi connectivity index (χ4n) is 3.39. The Hall–Kier alpha value is -3.25. The molecule has 6 heteroatoms. The second kappa shape index (κ2) is 8.01. The maximum atomic E-state index is 12.9. The molecule has 1 N–H and O–H groups in total. The Bertz CT molecular complexity index is 1230. The van der Waals surface area contributed by atoms with Crippen molar-refractivity contribution >= 4 is 27.5 Å². The van der Waals surface area contributed by atoms with Crippen molar-refractivity contribution in [2.24, 2.45) is 0 Å². The molecular formula is C23H21N3O2S. The van der Waals surface area contributed by atoms with Gasteiger partial charge in [-0.1, -0.05) is 54.6 Å². The van der Waals surface area contributed by atoms with E-state index in [2.05, 4.69) is 10.3 Å². The summed E-state index contributed by atoms with van der Waals surface area (Å²) in [6, 6.07) is 19.6. The summed E-state index contributed by atoms with van der Waals surface area (Å²) in [5.74, 6) is -0.219. The number of rotatable bonds is 5. The van der Waals surface area contributed by atoms with Crippen molar-refractivity contribution < 1.29 is 4.79 Å². The summed E-state index contributed by atoms with van der Waals surface area (Å²) in [6.07, 6.45) is 1.45. The van der Waals surface area contributed by atoms with Crippen LogP contribution in [0.4, 0.5) is 0 Å². The van der Waals surface area contributed by atoms with E-state index in [0.29, 0.717) is 10.2 Å². The van der Waals surface area contributed by atoms with Crippen LogP contribution in [-0.2, 0) is 11.3 Å². The molecule has 146 valence electrons. The summed E-state index contributed by atoms with van der Waals surface area (Å²) in [5.41, 5.74) is 3.69. The van der Waals surface area contributed by atoms with Gasteiger partial charge in [0.1, 0.15) is 11.2 Å². The van der Waals surface area contributed by atoms with E-state index in [4.69, 9.17) is 0 Å². The first-order chi connectivity index (χ1) is 14.0. The molecule has 2 aromatic carbocycles. The molecule has 0 bridgehead atoms. The number of amides is 1. The maximum Gasteiger partial charge on any atom is 0.271 e. The van der Waals surface area contributed by atoms with Crippen molar-refractivity contribution in [1.82, 2.24) is 14.9 Å². The van der Waals surface area contributed by atoms with Gasteiger partial charge >= 0.3 is 0 Å². The van der Waals surface area contributed by atoms with Crippen molar-refractivity contribution in [3.63, 3.8) is 0 Å². The molecule has 4 rings (SSSR count). The molecule has 1 amide bonds. The van der Waals surface area contributed by atoms with Crippen LogP contribution in [-0.4, -0.2) is 15.5 Å². The van der Waals surface area contributed by atoms with Crippen LogP contribution in [0.3, 0.4) is 0 Å². The average molecular weight is 404 g/mol. The maximum absolute atomic E-state index is 12.9. The van der Waals surface area contributed by atoms with Gasteiger partial charge in [0.15, 0.2) is 0 Å². The van der Waals surface area contributed by atoms with Crippen LogP contribution in [0.15, 0.2) is 71.8 Å². The topological polar surface area (TPSA) is 64.0 Å². The molecule has 2 heterocycles. The van der Waals surface area contributed by atoms with E-state index in [1.165, 1.54) is 22.2 Å². The molecule has 0 aliphatic heterocycles. The van der Waals surface area contributed by atoms with Gasteiger partial charge in [0.25, 0.3) is 5.56 Å². The molecule has 0 unspecified atom stereocenters. The average Bonchev–Trinajstić information content (AvgIpc) is 3.16. The highest BCUT2D eigenvalue weighted by Crippen LogP contribution is 2.30. The Morgan fingerprint density at radius 2 is 1.86 bits per heavy atom. The largest absolute Gasteiger partial charge is 0.348 e. The second-order valence-corrected chi connectivity index (χ2v) is 8.07. The van der Waals surface area contributed by atoms with Gasteiger partial charge < -0.3 is 5.32 Å². The number of hydrogen-bond acceptors (Lipinski definition) is 4. The SMILES string of the molecule is Cc1ccccc1[C@@H](C)NC(=O)Cn1cnc2cc(-c3ccccc3)sc2c1=O. The highest BCUT2D eigenvalue weighted by molar-refractivity contribution is 7.22. The van der Waals surface area contributed by atoms with Crippen molar-refractivity contribution in [1.29, 1.82) is 0 Å². The van der Waals surface area contributed by atoms with Crippen LogP contribution in [0.1, 0.15) is 24.1 Å². The summed E-state index contributed by atoms with van der Waals surface area (Å²) in [4.78, 5) is 30.8. The summed E-state index contributed by atoms with van der Waals surface area (Å²) in [5, 5.41) is 2.97. The Labute approximate surface area is 172 Å². The van der Waals surface area contributed by atoms with Gasteiger partial charge in [-0.25, -0.2) is 4.98 Å². The molecule has 2 aromatic heterocycles. The van der Waals surface area contributed by atoms with Gasteiger partial charge in [0, 0.05) is 4.88 Å². The van der Waals surface area contributed by atoms with E-state index in [0.717, 1.165) is 21.6 Å². The molecule has 29 heavy (non-hydrogen) atoms. The van der Waals surface area contributed by atoms with E-state index < -0.39 is 0 Å². The minimum atomic E-state index is -0.219. The minimum absolute atomic E-state index is 0.0590.